The van der Waals surface area contributed by atoms with Crippen LogP contribution in [0.1, 0.15) is 71.0 Å². The Morgan fingerprint density at radius 2 is 1.89 bits per heavy atom. The van der Waals surface area contributed by atoms with Crippen LogP contribution in [0.4, 0.5) is 0 Å². The first-order chi connectivity index (χ1) is 8.80. The fraction of sp³-hybridized carbons (Fsp3) is 0.643. The molecule has 0 spiro atoms. The minimum absolute atomic E-state index is 0.00303. The Bertz CT molecular complexity index is 548. The Hall–Kier alpha value is -1.65. The van der Waals surface area contributed by atoms with Crippen molar-refractivity contribution >= 4 is 0 Å². The quantitative estimate of drug-likeness (QED) is 0.851. The highest BCUT2D eigenvalue weighted by Crippen LogP contribution is 2.26. The molecule has 2 aromatic rings. The van der Waals surface area contributed by atoms with Crippen molar-refractivity contribution in [2.24, 2.45) is 0 Å². The molecule has 0 amide bonds. The maximum absolute atomic E-state index is 5.37. The highest BCUT2D eigenvalue weighted by atomic mass is 16.5. The van der Waals surface area contributed by atoms with Gasteiger partial charge in [-0.1, -0.05) is 39.8 Å². The molecular weight excluding hydrogens is 240 g/mol. The number of hydrogen-bond acceptors (Lipinski definition) is 4. The van der Waals surface area contributed by atoms with Gasteiger partial charge in [0.15, 0.2) is 5.82 Å². The van der Waals surface area contributed by atoms with Gasteiger partial charge in [-0.2, -0.15) is 4.98 Å². The number of rotatable bonds is 3. The van der Waals surface area contributed by atoms with E-state index >= 15 is 0 Å². The van der Waals surface area contributed by atoms with Crippen LogP contribution >= 0.6 is 0 Å². The minimum atomic E-state index is -0.0152. The van der Waals surface area contributed by atoms with Crippen LogP contribution < -0.4 is 0 Å². The van der Waals surface area contributed by atoms with Gasteiger partial charge in [0.25, 0.3) is 0 Å². The fourth-order valence-electron chi connectivity index (χ4n) is 1.98. The lowest BCUT2D eigenvalue weighted by Crippen LogP contribution is -2.21. The second-order valence-electron chi connectivity index (χ2n) is 6.23. The molecule has 0 saturated carbocycles. The molecule has 0 fully saturated rings. The van der Waals surface area contributed by atoms with Gasteiger partial charge in [-0.05, 0) is 6.92 Å². The van der Waals surface area contributed by atoms with E-state index in [0.29, 0.717) is 5.89 Å². The molecule has 104 valence electrons. The van der Waals surface area contributed by atoms with Crippen LogP contribution in [0.25, 0.3) is 0 Å². The summed E-state index contributed by atoms with van der Waals surface area (Å²) in [5, 5.41) is 4.02. The molecule has 5 heteroatoms. The molecule has 0 N–H and O–H groups in total. The Morgan fingerprint density at radius 3 is 2.42 bits per heavy atom. The zero-order chi connectivity index (χ0) is 14.2. The van der Waals surface area contributed by atoms with E-state index in [1.165, 1.54) is 0 Å². The molecule has 0 aliphatic heterocycles. The van der Waals surface area contributed by atoms with Crippen LogP contribution in [0.3, 0.4) is 0 Å². The van der Waals surface area contributed by atoms with Crippen molar-refractivity contribution in [2.75, 3.05) is 0 Å². The molecule has 2 rings (SSSR count). The van der Waals surface area contributed by atoms with Crippen molar-refractivity contribution in [3.8, 4) is 0 Å². The van der Waals surface area contributed by atoms with Gasteiger partial charge in [0, 0.05) is 23.7 Å². The first-order valence-corrected chi connectivity index (χ1v) is 6.67. The summed E-state index contributed by atoms with van der Waals surface area (Å²) in [7, 11) is 0. The third kappa shape index (κ3) is 2.69. The predicted molar refractivity (Wildman–Crippen MR) is 73.1 cm³/mol. The topological polar surface area (TPSA) is 56.7 Å². The maximum Gasteiger partial charge on any atom is 0.249 e. The fourth-order valence-corrected chi connectivity index (χ4v) is 1.98. The van der Waals surface area contributed by atoms with Gasteiger partial charge in [0.05, 0.1) is 0 Å². The van der Waals surface area contributed by atoms with E-state index in [-0.39, 0.29) is 17.4 Å². The van der Waals surface area contributed by atoms with E-state index in [4.69, 9.17) is 4.52 Å². The maximum atomic E-state index is 5.37. The molecule has 0 bridgehead atoms. The lowest BCUT2D eigenvalue weighted by Gasteiger charge is -2.22. The van der Waals surface area contributed by atoms with E-state index in [9.17, 15) is 0 Å². The van der Waals surface area contributed by atoms with Crippen molar-refractivity contribution < 1.29 is 4.52 Å². The van der Waals surface area contributed by atoms with Crippen LogP contribution in [-0.2, 0) is 5.41 Å². The lowest BCUT2D eigenvalue weighted by molar-refractivity contribution is 0.333. The summed E-state index contributed by atoms with van der Waals surface area (Å²) in [6, 6.07) is -0.00303. The number of nitrogens with zero attached hydrogens (tertiary/aromatic N) is 4. The summed E-state index contributed by atoms with van der Waals surface area (Å²) in [6.45, 7) is 12.6. The molecule has 0 aromatic carbocycles. The van der Waals surface area contributed by atoms with E-state index in [0.717, 1.165) is 11.6 Å². The van der Waals surface area contributed by atoms with Gasteiger partial charge in [0.1, 0.15) is 11.9 Å². The summed E-state index contributed by atoms with van der Waals surface area (Å²) in [6.07, 6.45) is 3.78. The normalized spacial score (nSPS) is 14.1. The third-order valence-electron chi connectivity index (χ3n) is 3.09. The Kier molecular flexibility index (Phi) is 3.47. The average Bonchev–Trinajstić information content (AvgIpc) is 2.96. The second kappa shape index (κ2) is 4.79. The highest BCUT2D eigenvalue weighted by Gasteiger charge is 2.25. The molecular formula is C14H22N4O. The molecule has 2 heterocycles. The summed E-state index contributed by atoms with van der Waals surface area (Å²) in [5.41, 5.74) is -0.0152. The van der Waals surface area contributed by atoms with E-state index in [2.05, 4.69) is 61.2 Å². The lowest BCUT2D eigenvalue weighted by atomic mass is 9.95. The zero-order valence-corrected chi connectivity index (χ0v) is 12.5. The van der Waals surface area contributed by atoms with Gasteiger partial charge >= 0.3 is 0 Å². The van der Waals surface area contributed by atoms with Gasteiger partial charge in [-0.25, -0.2) is 4.98 Å². The third-order valence-corrected chi connectivity index (χ3v) is 3.09. The largest absolute Gasteiger partial charge is 0.337 e. The first kappa shape index (κ1) is 13.8. The first-order valence-electron chi connectivity index (χ1n) is 6.67. The summed E-state index contributed by atoms with van der Waals surface area (Å²) in [4.78, 5) is 8.91. The van der Waals surface area contributed by atoms with Gasteiger partial charge in [-0.15, -0.1) is 0 Å². The molecule has 0 aliphatic carbocycles. The average molecular weight is 262 g/mol. The Labute approximate surface area is 114 Å². The number of aromatic nitrogens is 4. The van der Waals surface area contributed by atoms with E-state index in [1.54, 1.807) is 0 Å². The molecule has 0 saturated heterocycles. The van der Waals surface area contributed by atoms with Gasteiger partial charge < -0.3 is 9.09 Å². The monoisotopic (exact) mass is 262 g/mol. The molecule has 5 nitrogen and oxygen atoms in total. The van der Waals surface area contributed by atoms with E-state index < -0.39 is 0 Å². The van der Waals surface area contributed by atoms with Crippen molar-refractivity contribution in [3.05, 3.63) is 29.9 Å². The van der Waals surface area contributed by atoms with Crippen LogP contribution in [-0.4, -0.2) is 19.7 Å². The van der Waals surface area contributed by atoms with Crippen LogP contribution in [0, 0.1) is 0 Å². The highest BCUT2D eigenvalue weighted by molar-refractivity contribution is 5.09. The Morgan fingerprint density at radius 1 is 1.21 bits per heavy atom. The van der Waals surface area contributed by atoms with E-state index in [1.807, 2.05) is 12.4 Å². The number of imidazole rings is 1. The number of hydrogen-bond donors (Lipinski definition) is 0. The second-order valence-corrected chi connectivity index (χ2v) is 6.23. The predicted octanol–water partition coefficient (Wildman–Crippen LogP) is 3.30. The van der Waals surface area contributed by atoms with Gasteiger partial charge in [0.2, 0.25) is 5.89 Å². The molecule has 0 radical (unpaired) electrons. The van der Waals surface area contributed by atoms with Crippen LogP contribution in [0.15, 0.2) is 16.9 Å². The molecule has 1 atom stereocenters. The molecule has 2 aromatic heterocycles. The van der Waals surface area contributed by atoms with Crippen LogP contribution in [0.2, 0.25) is 0 Å². The van der Waals surface area contributed by atoms with Crippen molar-refractivity contribution in [2.45, 2.75) is 58.9 Å². The molecule has 0 aliphatic rings. The zero-order valence-electron chi connectivity index (χ0n) is 12.5. The molecule has 19 heavy (non-hydrogen) atoms. The molecule has 1 unspecified atom stereocenters. The van der Waals surface area contributed by atoms with Crippen molar-refractivity contribution in [1.29, 1.82) is 0 Å². The smallest absolute Gasteiger partial charge is 0.249 e. The van der Waals surface area contributed by atoms with Gasteiger partial charge in [-0.3, -0.25) is 0 Å². The Balaban J connectivity index is 2.34. The summed E-state index contributed by atoms with van der Waals surface area (Å²) >= 11 is 0. The SMILES string of the molecule is CC(C)c1noc(C(C)n2ccnc2C(C)(C)C)n1. The van der Waals surface area contributed by atoms with Crippen LogP contribution in [0.5, 0.6) is 0 Å². The minimum Gasteiger partial charge on any atom is -0.337 e. The van der Waals surface area contributed by atoms with Crippen molar-refractivity contribution in [3.63, 3.8) is 0 Å². The standard InChI is InChI=1S/C14H22N4O/c1-9(2)11-16-12(19-17-11)10(3)18-8-7-15-13(18)14(4,5)6/h7-10H,1-6H3. The van der Waals surface area contributed by atoms with Crippen molar-refractivity contribution in [1.82, 2.24) is 19.7 Å². The summed E-state index contributed by atoms with van der Waals surface area (Å²) in [5.74, 6) is 2.67. The summed E-state index contributed by atoms with van der Waals surface area (Å²) < 4.78 is 7.46.